The van der Waals surface area contributed by atoms with E-state index in [1.807, 2.05) is 42.7 Å². The minimum Gasteiger partial charge on any atom is -0.469 e. The van der Waals surface area contributed by atoms with Crippen molar-refractivity contribution >= 4 is 17.7 Å². The van der Waals surface area contributed by atoms with Gasteiger partial charge in [0, 0.05) is 6.42 Å². The molecule has 1 fully saturated rings. The number of nitrogens with zero attached hydrogens (tertiary/aromatic N) is 3. The molecule has 1 aliphatic heterocycles. The maximum absolute atomic E-state index is 12.0. The van der Waals surface area contributed by atoms with Gasteiger partial charge in [-0.1, -0.05) is 42.1 Å². The third-order valence-electron chi connectivity index (χ3n) is 4.37. The van der Waals surface area contributed by atoms with E-state index in [9.17, 15) is 4.79 Å². The topological polar surface area (TPSA) is 70.2 Å². The molecule has 7 heteroatoms. The monoisotopic (exact) mass is 369 g/mol. The third-order valence-corrected chi connectivity index (χ3v) is 5.56. The molecule has 0 N–H and O–H groups in total. The Morgan fingerprint density at radius 1 is 1.23 bits per heavy atom. The average Bonchev–Trinajstić information content (AvgIpc) is 3.29. The molecule has 1 aromatic carbocycles. The lowest BCUT2D eigenvalue weighted by atomic mass is 10.2. The number of cyclic esters (lactones) is 1. The number of rotatable bonds is 5. The van der Waals surface area contributed by atoms with Gasteiger partial charge in [-0.3, -0.25) is 9.36 Å². The van der Waals surface area contributed by atoms with Gasteiger partial charge in [-0.05, 0) is 25.5 Å². The van der Waals surface area contributed by atoms with Gasteiger partial charge in [0.05, 0.1) is 18.4 Å². The second-order valence-electron chi connectivity index (χ2n) is 6.36. The largest absolute Gasteiger partial charge is 0.469 e. The van der Waals surface area contributed by atoms with Gasteiger partial charge < -0.3 is 9.15 Å². The summed E-state index contributed by atoms with van der Waals surface area (Å²) in [4.78, 5) is 12.0. The van der Waals surface area contributed by atoms with Crippen LogP contribution in [0.5, 0.6) is 0 Å². The van der Waals surface area contributed by atoms with Crippen LogP contribution in [0.25, 0.3) is 11.4 Å². The number of hydrogen-bond donors (Lipinski definition) is 0. The number of ether oxygens (including phenoxy) is 1. The third kappa shape index (κ3) is 3.26. The van der Waals surface area contributed by atoms with Gasteiger partial charge in [-0.15, -0.1) is 10.2 Å². The molecule has 0 spiro atoms. The molecule has 0 unspecified atom stereocenters. The molecular formula is C19H19N3O3S. The summed E-state index contributed by atoms with van der Waals surface area (Å²) in [5.41, 5.74) is 2.04. The van der Waals surface area contributed by atoms with Crippen molar-refractivity contribution in [2.45, 2.75) is 43.3 Å². The second-order valence-corrected chi connectivity index (χ2v) is 7.53. The summed E-state index contributed by atoms with van der Waals surface area (Å²) in [6.45, 7) is 4.43. The first-order valence-electron chi connectivity index (χ1n) is 8.50. The van der Waals surface area contributed by atoms with E-state index in [1.54, 1.807) is 6.26 Å². The van der Waals surface area contributed by atoms with Crippen LogP contribution in [0.2, 0.25) is 0 Å². The summed E-state index contributed by atoms with van der Waals surface area (Å²) in [6, 6.07) is 12.0. The van der Waals surface area contributed by atoms with E-state index >= 15 is 0 Å². The number of carbonyl (C=O) groups excluding carboxylic acids is 1. The highest BCUT2D eigenvalue weighted by molar-refractivity contribution is 8.00. The molecule has 0 amide bonds. The second kappa shape index (κ2) is 6.99. The van der Waals surface area contributed by atoms with Crippen molar-refractivity contribution in [3.05, 3.63) is 54.0 Å². The van der Waals surface area contributed by atoms with E-state index in [0.717, 1.165) is 22.7 Å². The van der Waals surface area contributed by atoms with Crippen LogP contribution in [0.4, 0.5) is 0 Å². The van der Waals surface area contributed by atoms with Crippen LogP contribution in [-0.4, -0.2) is 32.1 Å². The Kier molecular flexibility index (Phi) is 4.55. The highest BCUT2D eigenvalue weighted by Gasteiger charge is 2.34. The number of benzene rings is 1. The number of aryl methyl sites for hydroxylation is 1. The number of thioether (sulfide) groups is 1. The standard InChI is InChI=1S/C19H19N3O3S/c1-12-10-16(18(23)25-12)26-19-21-20-17(15-8-9-24-13(15)2)22(19)11-14-6-4-3-5-7-14/h3-9,12,16H,10-11H2,1-2H3/t12-,16+/m1/s1. The molecule has 6 nitrogen and oxygen atoms in total. The first-order chi connectivity index (χ1) is 12.6. The smallest absolute Gasteiger partial charge is 0.319 e. The van der Waals surface area contributed by atoms with Crippen molar-refractivity contribution in [1.82, 2.24) is 14.8 Å². The van der Waals surface area contributed by atoms with Crippen molar-refractivity contribution in [1.29, 1.82) is 0 Å². The van der Waals surface area contributed by atoms with Gasteiger partial charge in [-0.2, -0.15) is 0 Å². The molecule has 134 valence electrons. The van der Waals surface area contributed by atoms with Crippen molar-refractivity contribution in [2.24, 2.45) is 0 Å². The fourth-order valence-electron chi connectivity index (χ4n) is 3.04. The summed E-state index contributed by atoms with van der Waals surface area (Å²) >= 11 is 1.42. The number of hydrogen-bond acceptors (Lipinski definition) is 6. The molecule has 4 rings (SSSR count). The predicted molar refractivity (Wildman–Crippen MR) is 97.8 cm³/mol. The van der Waals surface area contributed by atoms with Gasteiger partial charge >= 0.3 is 5.97 Å². The van der Waals surface area contributed by atoms with E-state index in [0.29, 0.717) is 18.1 Å². The lowest BCUT2D eigenvalue weighted by Crippen LogP contribution is -2.12. The molecule has 1 saturated heterocycles. The van der Waals surface area contributed by atoms with Crippen LogP contribution < -0.4 is 0 Å². The Labute approximate surface area is 155 Å². The van der Waals surface area contributed by atoms with Crippen molar-refractivity contribution in [2.75, 3.05) is 0 Å². The van der Waals surface area contributed by atoms with Gasteiger partial charge in [0.1, 0.15) is 17.1 Å². The normalized spacial score (nSPS) is 19.7. The summed E-state index contributed by atoms with van der Waals surface area (Å²) in [7, 11) is 0. The SMILES string of the molecule is Cc1occc1-c1nnc(S[C@H]2C[C@@H](C)OC2=O)n1Cc1ccccc1. The molecule has 0 bridgehead atoms. The van der Waals surface area contributed by atoms with Crippen molar-refractivity contribution < 1.29 is 13.9 Å². The minimum absolute atomic E-state index is 0.0546. The van der Waals surface area contributed by atoms with Crippen LogP contribution >= 0.6 is 11.8 Å². The molecular weight excluding hydrogens is 350 g/mol. The van der Waals surface area contributed by atoms with Gasteiger partial charge in [0.25, 0.3) is 0 Å². The summed E-state index contributed by atoms with van der Waals surface area (Å²) in [6.07, 6.45) is 2.28. The highest BCUT2D eigenvalue weighted by atomic mass is 32.2. The quantitative estimate of drug-likeness (QED) is 0.639. The first kappa shape index (κ1) is 16.9. The highest BCUT2D eigenvalue weighted by Crippen LogP contribution is 2.34. The Bertz CT molecular complexity index is 919. The van der Waals surface area contributed by atoms with Gasteiger partial charge in [0.15, 0.2) is 11.0 Å². The average molecular weight is 369 g/mol. The molecule has 2 aromatic heterocycles. The molecule has 0 radical (unpaired) electrons. The number of esters is 1. The van der Waals surface area contributed by atoms with Gasteiger partial charge in [-0.25, -0.2) is 0 Å². The molecule has 3 aromatic rings. The van der Waals surface area contributed by atoms with E-state index < -0.39 is 0 Å². The maximum Gasteiger partial charge on any atom is 0.319 e. The van der Waals surface area contributed by atoms with Gasteiger partial charge in [0.2, 0.25) is 0 Å². The summed E-state index contributed by atoms with van der Waals surface area (Å²) in [5, 5.41) is 9.20. The van der Waals surface area contributed by atoms with E-state index in [4.69, 9.17) is 9.15 Å². The fourth-order valence-corrected chi connectivity index (χ4v) is 4.18. The Morgan fingerprint density at radius 3 is 2.69 bits per heavy atom. The Balaban J connectivity index is 1.70. The Hall–Kier alpha value is -2.54. The molecule has 2 atom stereocenters. The molecule has 3 heterocycles. The van der Waals surface area contributed by atoms with E-state index in [1.165, 1.54) is 11.8 Å². The number of carbonyl (C=O) groups is 1. The molecule has 0 aliphatic carbocycles. The maximum atomic E-state index is 12.0. The van der Waals surface area contributed by atoms with Crippen LogP contribution in [0.15, 0.2) is 52.2 Å². The zero-order valence-electron chi connectivity index (χ0n) is 14.6. The number of aromatic nitrogens is 3. The molecule has 26 heavy (non-hydrogen) atoms. The van der Waals surface area contributed by atoms with Crippen LogP contribution in [0.1, 0.15) is 24.7 Å². The predicted octanol–water partition coefficient (Wildman–Crippen LogP) is 3.69. The number of furan rings is 1. The lowest BCUT2D eigenvalue weighted by molar-refractivity contribution is -0.140. The minimum atomic E-state index is -0.248. The van der Waals surface area contributed by atoms with E-state index in [2.05, 4.69) is 22.3 Å². The van der Waals surface area contributed by atoms with Crippen molar-refractivity contribution in [3.8, 4) is 11.4 Å². The van der Waals surface area contributed by atoms with Crippen LogP contribution in [0, 0.1) is 6.92 Å². The summed E-state index contributed by atoms with van der Waals surface area (Å²) < 4.78 is 12.7. The molecule has 0 saturated carbocycles. The lowest BCUT2D eigenvalue weighted by Gasteiger charge is -2.11. The first-order valence-corrected chi connectivity index (χ1v) is 9.38. The summed E-state index contributed by atoms with van der Waals surface area (Å²) in [5.74, 6) is 1.34. The molecule has 1 aliphatic rings. The fraction of sp³-hybridized carbons (Fsp3) is 0.316. The van der Waals surface area contributed by atoms with Crippen LogP contribution in [-0.2, 0) is 16.1 Å². The Morgan fingerprint density at radius 2 is 2.04 bits per heavy atom. The zero-order chi connectivity index (χ0) is 18.1. The van der Waals surface area contributed by atoms with Crippen LogP contribution in [0.3, 0.4) is 0 Å². The van der Waals surface area contributed by atoms with Crippen molar-refractivity contribution in [3.63, 3.8) is 0 Å². The van der Waals surface area contributed by atoms with E-state index in [-0.39, 0.29) is 17.3 Å². The zero-order valence-corrected chi connectivity index (χ0v) is 15.4.